The van der Waals surface area contributed by atoms with Crippen LogP contribution in [-0.2, 0) is 14.8 Å². The van der Waals surface area contributed by atoms with E-state index < -0.39 is 21.8 Å². The van der Waals surface area contributed by atoms with Crippen LogP contribution in [0.1, 0.15) is 35.7 Å². The number of carbonyl (C=O) groups excluding carboxylic acids is 2. The molecule has 0 heterocycles. The molecule has 0 aliphatic heterocycles. The SMILES string of the molecule is CC(C)c1cccc(OCC(=O)NNC(=O)c2cccc(S(=O)(=O)N(C)C)c2)c1. The van der Waals surface area contributed by atoms with Crippen molar-refractivity contribution in [3.05, 3.63) is 59.7 Å². The predicted octanol–water partition coefficient (Wildman–Crippen LogP) is 1.90. The molecule has 2 amide bonds. The highest BCUT2D eigenvalue weighted by Crippen LogP contribution is 2.20. The molecular formula is C20H25N3O5S. The Morgan fingerprint density at radius 1 is 1.03 bits per heavy atom. The molecule has 0 saturated carbocycles. The third-order valence-electron chi connectivity index (χ3n) is 4.08. The molecule has 9 heteroatoms. The van der Waals surface area contributed by atoms with Gasteiger partial charge in [0.05, 0.1) is 4.90 Å². The molecule has 0 saturated heterocycles. The van der Waals surface area contributed by atoms with Crippen LogP contribution in [0.3, 0.4) is 0 Å². The Hall–Kier alpha value is -2.91. The molecule has 0 unspecified atom stereocenters. The lowest BCUT2D eigenvalue weighted by Crippen LogP contribution is -2.43. The third-order valence-corrected chi connectivity index (χ3v) is 5.90. The Bertz CT molecular complexity index is 987. The van der Waals surface area contributed by atoms with Crippen LogP contribution in [0.2, 0.25) is 0 Å². The normalized spacial score (nSPS) is 11.4. The number of nitrogens with zero attached hydrogens (tertiary/aromatic N) is 1. The minimum absolute atomic E-state index is 0.0187. The first kappa shape index (κ1) is 22.4. The molecule has 29 heavy (non-hydrogen) atoms. The van der Waals surface area contributed by atoms with E-state index in [2.05, 4.69) is 24.7 Å². The van der Waals surface area contributed by atoms with Crippen molar-refractivity contribution in [1.29, 1.82) is 0 Å². The summed E-state index contributed by atoms with van der Waals surface area (Å²) >= 11 is 0. The van der Waals surface area contributed by atoms with Gasteiger partial charge in [-0.25, -0.2) is 12.7 Å². The molecule has 0 aliphatic carbocycles. The molecule has 0 aromatic heterocycles. The Balaban J connectivity index is 1.92. The summed E-state index contributed by atoms with van der Waals surface area (Å²) in [5, 5.41) is 0. The number of amides is 2. The maximum atomic E-state index is 12.2. The summed E-state index contributed by atoms with van der Waals surface area (Å²) < 4.78 is 30.8. The zero-order valence-electron chi connectivity index (χ0n) is 16.8. The van der Waals surface area contributed by atoms with Crippen LogP contribution in [0.4, 0.5) is 0 Å². The second kappa shape index (κ2) is 9.53. The lowest BCUT2D eigenvalue weighted by Gasteiger charge is -2.13. The van der Waals surface area contributed by atoms with Gasteiger partial charge in [0.2, 0.25) is 10.0 Å². The number of nitrogens with one attached hydrogen (secondary N) is 2. The molecular weight excluding hydrogens is 394 g/mol. The number of hydrazine groups is 1. The Morgan fingerprint density at radius 3 is 2.38 bits per heavy atom. The zero-order chi connectivity index (χ0) is 21.6. The lowest BCUT2D eigenvalue weighted by molar-refractivity contribution is -0.123. The molecule has 0 radical (unpaired) electrons. The Morgan fingerprint density at radius 2 is 1.72 bits per heavy atom. The highest BCUT2D eigenvalue weighted by molar-refractivity contribution is 7.89. The average Bonchev–Trinajstić information content (AvgIpc) is 2.70. The van der Waals surface area contributed by atoms with E-state index in [1.165, 1.54) is 38.4 Å². The first-order chi connectivity index (χ1) is 13.6. The van der Waals surface area contributed by atoms with Gasteiger partial charge in [-0.3, -0.25) is 20.4 Å². The summed E-state index contributed by atoms with van der Waals surface area (Å²) in [6.07, 6.45) is 0. The highest BCUT2D eigenvalue weighted by Gasteiger charge is 2.19. The smallest absolute Gasteiger partial charge is 0.276 e. The van der Waals surface area contributed by atoms with Gasteiger partial charge in [0.1, 0.15) is 5.75 Å². The molecule has 0 spiro atoms. The molecule has 0 atom stereocenters. The highest BCUT2D eigenvalue weighted by atomic mass is 32.2. The first-order valence-electron chi connectivity index (χ1n) is 8.96. The van der Waals surface area contributed by atoms with Gasteiger partial charge in [0.25, 0.3) is 11.8 Å². The largest absolute Gasteiger partial charge is 0.484 e. The quantitative estimate of drug-likeness (QED) is 0.667. The topological polar surface area (TPSA) is 105 Å². The van der Waals surface area contributed by atoms with Crippen molar-refractivity contribution in [2.24, 2.45) is 0 Å². The standard InChI is InChI=1S/C20H25N3O5S/c1-14(2)15-7-5-9-17(11-15)28-13-19(24)21-22-20(25)16-8-6-10-18(12-16)29(26,27)23(3)4/h5-12,14H,13H2,1-4H3,(H,21,24)(H,22,25). The fourth-order valence-corrected chi connectivity index (χ4v) is 3.30. The Labute approximate surface area is 170 Å². The number of benzene rings is 2. The molecule has 2 aromatic rings. The number of hydrogen-bond donors (Lipinski definition) is 2. The van der Waals surface area contributed by atoms with Gasteiger partial charge in [-0.2, -0.15) is 0 Å². The fourth-order valence-electron chi connectivity index (χ4n) is 2.36. The molecule has 2 N–H and O–H groups in total. The number of carbonyl (C=O) groups is 2. The van der Waals surface area contributed by atoms with E-state index >= 15 is 0 Å². The third kappa shape index (κ3) is 6.03. The lowest BCUT2D eigenvalue weighted by atomic mass is 10.0. The van der Waals surface area contributed by atoms with Crippen LogP contribution in [0, 0.1) is 0 Å². The van der Waals surface area contributed by atoms with Crippen molar-refractivity contribution in [2.75, 3.05) is 20.7 Å². The van der Waals surface area contributed by atoms with E-state index in [0.29, 0.717) is 11.7 Å². The van der Waals surface area contributed by atoms with Gasteiger partial charge in [-0.1, -0.05) is 32.0 Å². The van der Waals surface area contributed by atoms with E-state index in [4.69, 9.17) is 4.74 Å². The number of sulfonamides is 1. The van der Waals surface area contributed by atoms with Crippen molar-refractivity contribution in [3.63, 3.8) is 0 Å². The van der Waals surface area contributed by atoms with Crippen molar-refractivity contribution < 1.29 is 22.7 Å². The predicted molar refractivity (Wildman–Crippen MR) is 109 cm³/mol. The van der Waals surface area contributed by atoms with E-state index in [-0.39, 0.29) is 17.1 Å². The zero-order valence-corrected chi connectivity index (χ0v) is 17.6. The number of hydrogen-bond acceptors (Lipinski definition) is 5. The van der Waals surface area contributed by atoms with E-state index in [1.807, 2.05) is 18.2 Å². The molecule has 2 aromatic carbocycles. The van der Waals surface area contributed by atoms with Gasteiger partial charge < -0.3 is 4.74 Å². The summed E-state index contributed by atoms with van der Waals surface area (Å²) in [6.45, 7) is 3.83. The summed E-state index contributed by atoms with van der Waals surface area (Å²) in [7, 11) is -0.863. The van der Waals surface area contributed by atoms with E-state index in [9.17, 15) is 18.0 Å². The minimum Gasteiger partial charge on any atom is -0.484 e. The van der Waals surface area contributed by atoms with Crippen LogP contribution in [0.15, 0.2) is 53.4 Å². The van der Waals surface area contributed by atoms with E-state index in [1.54, 1.807) is 6.07 Å². The molecule has 8 nitrogen and oxygen atoms in total. The molecule has 2 rings (SSSR count). The van der Waals surface area contributed by atoms with E-state index in [0.717, 1.165) is 9.87 Å². The van der Waals surface area contributed by atoms with Crippen molar-refractivity contribution >= 4 is 21.8 Å². The summed E-state index contributed by atoms with van der Waals surface area (Å²) in [5.41, 5.74) is 5.67. The van der Waals surface area contributed by atoms with Crippen LogP contribution >= 0.6 is 0 Å². The van der Waals surface area contributed by atoms with Crippen LogP contribution in [-0.4, -0.2) is 45.2 Å². The first-order valence-corrected chi connectivity index (χ1v) is 10.4. The maximum absolute atomic E-state index is 12.2. The monoisotopic (exact) mass is 419 g/mol. The number of ether oxygens (including phenoxy) is 1. The second-order valence-electron chi connectivity index (χ2n) is 6.83. The molecule has 0 bridgehead atoms. The van der Waals surface area contributed by atoms with Gasteiger partial charge in [-0.15, -0.1) is 0 Å². The van der Waals surface area contributed by atoms with Gasteiger partial charge in [0.15, 0.2) is 6.61 Å². The molecule has 156 valence electrons. The van der Waals surface area contributed by atoms with Crippen LogP contribution in [0.5, 0.6) is 5.75 Å². The van der Waals surface area contributed by atoms with Crippen LogP contribution in [0.25, 0.3) is 0 Å². The second-order valence-corrected chi connectivity index (χ2v) is 8.99. The summed E-state index contributed by atoms with van der Waals surface area (Å²) in [5.74, 6) is -0.306. The minimum atomic E-state index is -3.67. The summed E-state index contributed by atoms with van der Waals surface area (Å²) in [4.78, 5) is 24.1. The average molecular weight is 420 g/mol. The van der Waals surface area contributed by atoms with Crippen molar-refractivity contribution in [2.45, 2.75) is 24.7 Å². The van der Waals surface area contributed by atoms with Crippen molar-refractivity contribution in [3.8, 4) is 5.75 Å². The van der Waals surface area contributed by atoms with Gasteiger partial charge in [-0.05, 0) is 41.8 Å². The van der Waals surface area contributed by atoms with Crippen molar-refractivity contribution in [1.82, 2.24) is 15.2 Å². The maximum Gasteiger partial charge on any atom is 0.276 e. The van der Waals surface area contributed by atoms with Crippen LogP contribution < -0.4 is 15.6 Å². The molecule has 0 aliphatic rings. The molecule has 0 fully saturated rings. The summed E-state index contributed by atoms with van der Waals surface area (Å²) in [6, 6.07) is 13.0. The van der Waals surface area contributed by atoms with Gasteiger partial charge in [0, 0.05) is 19.7 Å². The Kier molecular flexibility index (Phi) is 7.35. The number of rotatable bonds is 7. The van der Waals surface area contributed by atoms with Gasteiger partial charge >= 0.3 is 0 Å². The fraction of sp³-hybridized carbons (Fsp3) is 0.300.